The second kappa shape index (κ2) is 5.68. The van der Waals surface area contributed by atoms with E-state index in [4.69, 9.17) is 0 Å². The lowest BCUT2D eigenvalue weighted by Crippen LogP contribution is -2.37. The molecule has 0 N–H and O–H groups in total. The molecule has 2 aromatic rings. The van der Waals surface area contributed by atoms with Gasteiger partial charge in [0.05, 0.1) is 11.7 Å². The van der Waals surface area contributed by atoms with Gasteiger partial charge in [0.15, 0.2) is 0 Å². The van der Waals surface area contributed by atoms with Crippen molar-refractivity contribution in [2.24, 2.45) is 5.92 Å². The summed E-state index contributed by atoms with van der Waals surface area (Å²) in [7, 11) is 1.90. The molecule has 1 saturated carbocycles. The summed E-state index contributed by atoms with van der Waals surface area (Å²) in [4.78, 5) is 18.1. The molecule has 1 aliphatic carbocycles. The van der Waals surface area contributed by atoms with Gasteiger partial charge in [-0.25, -0.2) is 9.67 Å². The predicted molar refractivity (Wildman–Crippen MR) is 79.9 cm³/mol. The molecule has 1 fully saturated rings. The molecular weight excluding hydrogens is 264 g/mol. The number of carbonyl (C=O) groups excluding carboxylic acids is 1. The quantitative estimate of drug-likeness (QED) is 0.867. The molecule has 0 spiro atoms. The zero-order valence-corrected chi connectivity index (χ0v) is 12.4. The molecule has 0 bridgehead atoms. The number of hydrogen-bond acceptors (Lipinski definition) is 3. The SMILES string of the molecule is C[C@@H](c1ccc(-n2cncn2)cc1)N(C)C(=O)C1CCC1. The Kier molecular flexibility index (Phi) is 3.73. The number of benzene rings is 1. The van der Waals surface area contributed by atoms with E-state index in [9.17, 15) is 4.79 Å². The number of rotatable bonds is 4. The molecule has 1 aliphatic rings. The summed E-state index contributed by atoms with van der Waals surface area (Å²) in [5.74, 6) is 0.515. The van der Waals surface area contributed by atoms with Gasteiger partial charge >= 0.3 is 0 Å². The molecule has 0 saturated heterocycles. The smallest absolute Gasteiger partial charge is 0.225 e. The van der Waals surface area contributed by atoms with Crippen molar-refractivity contribution < 1.29 is 4.79 Å². The van der Waals surface area contributed by atoms with E-state index in [1.807, 2.05) is 36.2 Å². The zero-order chi connectivity index (χ0) is 14.8. The second-order valence-corrected chi connectivity index (χ2v) is 5.68. The van der Waals surface area contributed by atoms with Crippen LogP contribution in [0.2, 0.25) is 0 Å². The van der Waals surface area contributed by atoms with Crippen molar-refractivity contribution in [1.29, 1.82) is 0 Å². The molecule has 1 heterocycles. The van der Waals surface area contributed by atoms with E-state index >= 15 is 0 Å². The summed E-state index contributed by atoms with van der Waals surface area (Å²) < 4.78 is 1.72. The van der Waals surface area contributed by atoms with Crippen molar-refractivity contribution in [2.45, 2.75) is 32.2 Å². The van der Waals surface area contributed by atoms with Gasteiger partial charge < -0.3 is 4.90 Å². The fraction of sp³-hybridized carbons (Fsp3) is 0.438. The Morgan fingerprint density at radius 1 is 1.33 bits per heavy atom. The van der Waals surface area contributed by atoms with Crippen LogP contribution in [0, 0.1) is 5.92 Å². The highest BCUT2D eigenvalue weighted by molar-refractivity contribution is 5.79. The van der Waals surface area contributed by atoms with Crippen molar-refractivity contribution in [3.05, 3.63) is 42.5 Å². The topological polar surface area (TPSA) is 51.0 Å². The number of nitrogens with zero attached hydrogens (tertiary/aromatic N) is 4. The third-order valence-electron chi connectivity index (χ3n) is 4.44. The van der Waals surface area contributed by atoms with Crippen LogP contribution >= 0.6 is 0 Å². The van der Waals surface area contributed by atoms with Crippen LogP contribution in [0.15, 0.2) is 36.9 Å². The molecule has 1 amide bonds. The van der Waals surface area contributed by atoms with Crippen molar-refractivity contribution in [1.82, 2.24) is 19.7 Å². The first kappa shape index (κ1) is 13.8. The number of carbonyl (C=O) groups is 1. The molecule has 0 radical (unpaired) electrons. The lowest BCUT2D eigenvalue weighted by Gasteiger charge is -2.33. The maximum Gasteiger partial charge on any atom is 0.225 e. The van der Waals surface area contributed by atoms with Gasteiger partial charge in [-0.3, -0.25) is 4.79 Å². The third-order valence-corrected chi connectivity index (χ3v) is 4.44. The first-order valence-electron chi connectivity index (χ1n) is 7.38. The molecule has 1 atom stereocenters. The summed E-state index contributed by atoms with van der Waals surface area (Å²) in [5.41, 5.74) is 2.10. The minimum Gasteiger partial charge on any atom is -0.339 e. The number of hydrogen-bond donors (Lipinski definition) is 0. The van der Waals surface area contributed by atoms with Crippen molar-refractivity contribution >= 4 is 5.91 Å². The second-order valence-electron chi connectivity index (χ2n) is 5.68. The average molecular weight is 284 g/mol. The molecule has 0 unspecified atom stereocenters. The highest BCUT2D eigenvalue weighted by Gasteiger charge is 2.30. The van der Waals surface area contributed by atoms with E-state index < -0.39 is 0 Å². The van der Waals surface area contributed by atoms with Crippen LogP contribution in [0.1, 0.15) is 37.8 Å². The Balaban J connectivity index is 1.72. The van der Waals surface area contributed by atoms with Gasteiger partial charge in [0, 0.05) is 13.0 Å². The van der Waals surface area contributed by atoms with Crippen LogP contribution in [0.5, 0.6) is 0 Å². The Morgan fingerprint density at radius 3 is 2.57 bits per heavy atom. The van der Waals surface area contributed by atoms with E-state index in [-0.39, 0.29) is 17.9 Å². The summed E-state index contributed by atoms with van der Waals surface area (Å²) in [6.45, 7) is 2.07. The largest absolute Gasteiger partial charge is 0.339 e. The summed E-state index contributed by atoms with van der Waals surface area (Å²) >= 11 is 0. The van der Waals surface area contributed by atoms with Crippen LogP contribution in [0.25, 0.3) is 5.69 Å². The highest BCUT2D eigenvalue weighted by atomic mass is 16.2. The van der Waals surface area contributed by atoms with E-state index in [0.717, 1.165) is 24.1 Å². The molecular formula is C16H20N4O. The number of aromatic nitrogens is 3. The first-order chi connectivity index (χ1) is 10.2. The Morgan fingerprint density at radius 2 is 2.05 bits per heavy atom. The van der Waals surface area contributed by atoms with Crippen LogP contribution in [0.3, 0.4) is 0 Å². The number of amides is 1. The highest BCUT2D eigenvalue weighted by Crippen LogP contribution is 2.30. The van der Waals surface area contributed by atoms with E-state index in [1.165, 1.54) is 12.7 Å². The lowest BCUT2D eigenvalue weighted by atomic mass is 9.84. The zero-order valence-electron chi connectivity index (χ0n) is 12.4. The standard InChI is InChI=1S/C16H20N4O/c1-12(19(2)16(21)14-4-3-5-14)13-6-8-15(9-7-13)20-11-17-10-18-20/h6-12,14H,3-5H2,1-2H3/t12-/m0/s1. The molecule has 110 valence electrons. The molecule has 5 heteroatoms. The van der Waals surface area contributed by atoms with Gasteiger partial charge in [-0.2, -0.15) is 5.10 Å². The monoisotopic (exact) mass is 284 g/mol. The molecule has 1 aromatic heterocycles. The maximum atomic E-state index is 12.3. The first-order valence-corrected chi connectivity index (χ1v) is 7.38. The lowest BCUT2D eigenvalue weighted by molar-refractivity contribution is -0.138. The fourth-order valence-corrected chi connectivity index (χ4v) is 2.60. The Labute approximate surface area is 124 Å². The van der Waals surface area contributed by atoms with Gasteiger partial charge in [0.1, 0.15) is 12.7 Å². The van der Waals surface area contributed by atoms with E-state index in [1.54, 1.807) is 11.0 Å². The Bertz CT molecular complexity index is 602. The molecule has 21 heavy (non-hydrogen) atoms. The molecule has 5 nitrogen and oxygen atoms in total. The van der Waals surface area contributed by atoms with Gasteiger partial charge in [-0.1, -0.05) is 18.6 Å². The maximum absolute atomic E-state index is 12.3. The van der Waals surface area contributed by atoms with Crippen LogP contribution in [-0.2, 0) is 4.79 Å². The van der Waals surface area contributed by atoms with Gasteiger partial charge in [0.25, 0.3) is 0 Å². The van der Waals surface area contributed by atoms with Gasteiger partial charge in [0.2, 0.25) is 5.91 Å². The Hall–Kier alpha value is -2.17. The van der Waals surface area contributed by atoms with Crippen LogP contribution < -0.4 is 0 Å². The van der Waals surface area contributed by atoms with Crippen LogP contribution in [0.4, 0.5) is 0 Å². The summed E-state index contributed by atoms with van der Waals surface area (Å²) in [6.07, 6.45) is 6.46. The molecule has 0 aliphatic heterocycles. The van der Waals surface area contributed by atoms with Gasteiger partial charge in [-0.15, -0.1) is 0 Å². The predicted octanol–water partition coefficient (Wildman–Crippen LogP) is 2.59. The average Bonchev–Trinajstić information content (AvgIpc) is 2.98. The molecule has 1 aromatic carbocycles. The third kappa shape index (κ3) is 2.68. The molecule has 3 rings (SSSR count). The van der Waals surface area contributed by atoms with Crippen molar-refractivity contribution in [2.75, 3.05) is 7.05 Å². The van der Waals surface area contributed by atoms with Crippen LogP contribution in [-0.4, -0.2) is 32.6 Å². The summed E-state index contributed by atoms with van der Waals surface area (Å²) in [6, 6.07) is 8.19. The normalized spacial score (nSPS) is 16.3. The fourth-order valence-electron chi connectivity index (χ4n) is 2.60. The van der Waals surface area contributed by atoms with E-state index in [2.05, 4.69) is 17.0 Å². The minimum absolute atomic E-state index is 0.0860. The van der Waals surface area contributed by atoms with Crippen molar-refractivity contribution in [3.63, 3.8) is 0 Å². The van der Waals surface area contributed by atoms with E-state index in [0.29, 0.717) is 0 Å². The van der Waals surface area contributed by atoms with Crippen molar-refractivity contribution in [3.8, 4) is 5.69 Å². The van der Waals surface area contributed by atoms with Gasteiger partial charge in [-0.05, 0) is 37.5 Å². The summed E-state index contributed by atoms with van der Waals surface area (Å²) in [5, 5.41) is 4.11. The minimum atomic E-state index is 0.0860.